The lowest BCUT2D eigenvalue weighted by Gasteiger charge is -2.12. The number of nitrogens with one attached hydrogen (secondary N) is 1. The van der Waals surface area contributed by atoms with E-state index < -0.39 is 6.10 Å². The molecule has 0 saturated carbocycles. The predicted molar refractivity (Wildman–Crippen MR) is 71.6 cm³/mol. The summed E-state index contributed by atoms with van der Waals surface area (Å²) in [5.41, 5.74) is 2.65. The first kappa shape index (κ1) is 11.9. The maximum atomic E-state index is 9.98. The summed E-state index contributed by atoms with van der Waals surface area (Å²) in [6.07, 6.45) is 2.57. The second-order valence-corrected chi connectivity index (χ2v) is 4.49. The molecule has 0 radical (unpaired) electrons. The van der Waals surface area contributed by atoms with Gasteiger partial charge < -0.3 is 15.2 Å². The van der Waals surface area contributed by atoms with E-state index in [2.05, 4.69) is 15.3 Å². The summed E-state index contributed by atoms with van der Waals surface area (Å²) in [5, 5.41) is 13.2. The summed E-state index contributed by atoms with van der Waals surface area (Å²) in [7, 11) is 1.64. The van der Waals surface area contributed by atoms with Crippen LogP contribution >= 0.6 is 0 Å². The van der Waals surface area contributed by atoms with Gasteiger partial charge in [-0.25, -0.2) is 9.97 Å². The fourth-order valence-electron chi connectivity index (χ4n) is 2.31. The molecule has 0 fully saturated rings. The van der Waals surface area contributed by atoms with E-state index in [1.165, 1.54) is 6.33 Å². The van der Waals surface area contributed by atoms with Crippen LogP contribution in [-0.2, 0) is 6.42 Å². The molecule has 1 unspecified atom stereocenters. The number of aliphatic hydroxyl groups excluding tert-OH is 1. The van der Waals surface area contributed by atoms with Crippen molar-refractivity contribution in [2.75, 3.05) is 12.4 Å². The third-order valence-corrected chi connectivity index (χ3v) is 3.31. The monoisotopic (exact) mass is 257 g/mol. The third kappa shape index (κ3) is 2.24. The molecular formula is C14H15N3O2. The van der Waals surface area contributed by atoms with E-state index in [-0.39, 0.29) is 0 Å². The number of hydrogen-bond acceptors (Lipinski definition) is 5. The summed E-state index contributed by atoms with van der Waals surface area (Å²) < 4.78 is 5.12. The van der Waals surface area contributed by atoms with Gasteiger partial charge in [0.1, 0.15) is 17.9 Å². The molecule has 3 rings (SSSR count). The molecule has 98 valence electrons. The lowest BCUT2D eigenvalue weighted by molar-refractivity contribution is 0.180. The van der Waals surface area contributed by atoms with Gasteiger partial charge in [-0.1, -0.05) is 0 Å². The Morgan fingerprint density at radius 3 is 2.79 bits per heavy atom. The average Bonchev–Trinajstić information content (AvgIpc) is 2.83. The smallest absolute Gasteiger partial charge is 0.139 e. The minimum atomic E-state index is -0.475. The molecule has 1 aromatic carbocycles. The number of methoxy groups -OCH3 is 1. The van der Waals surface area contributed by atoms with Crippen molar-refractivity contribution in [2.45, 2.75) is 18.9 Å². The Labute approximate surface area is 111 Å². The molecule has 0 amide bonds. The number of aliphatic hydroxyl groups is 1. The average molecular weight is 257 g/mol. The number of fused-ring (bicyclic) bond motifs is 1. The molecule has 1 aromatic heterocycles. The first-order valence-electron chi connectivity index (χ1n) is 6.21. The number of rotatable bonds is 3. The molecule has 0 aliphatic heterocycles. The zero-order chi connectivity index (χ0) is 13.2. The molecule has 2 aromatic rings. The Kier molecular flexibility index (Phi) is 3.05. The Bertz CT molecular complexity index is 584. The molecule has 0 saturated heterocycles. The van der Waals surface area contributed by atoms with Crippen LogP contribution in [0, 0.1) is 0 Å². The van der Waals surface area contributed by atoms with Crippen LogP contribution in [-0.4, -0.2) is 22.2 Å². The molecule has 1 aliphatic carbocycles. The minimum Gasteiger partial charge on any atom is -0.497 e. The van der Waals surface area contributed by atoms with Gasteiger partial charge in [0.2, 0.25) is 0 Å². The Balaban J connectivity index is 1.89. The molecule has 5 heteroatoms. The van der Waals surface area contributed by atoms with E-state index in [1.807, 2.05) is 24.3 Å². The Morgan fingerprint density at radius 1 is 1.26 bits per heavy atom. The number of benzene rings is 1. The van der Waals surface area contributed by atoms with E-state index in [4.69, 9.17) is 4.74 Å². The van der Waals surface area contributed by atoms with E-state index >= 15 is 0 Å². The van der Waals surface area contributed by atoms with Crippen LogP contribution in [0.4, 0.5) is 11.5 Å². The number of nitrogens with zero attached hydrogens (tertiary/aromatic N) is 2. The molecule has 0 bridgehead atoms. The topological polar surface area (TPSA) is 67.3 Å². The molecule has 2 N–H and O–H groups in total. The highest BCUT2D eigenvalue weighted by molar-refractivity contribution is 5.61. The van der Waals surface area contributed by atoms with Gasteiger partial charge in [0.25, 0.3) is 0 Å². The lowest BCUT2D eigenvalue weighted by Crippen LogP contribution is -2.03. The number of aryl methyl sites for hydroxylation is 1. The van der Waals surface area contributed by atoms with E-state index in [9.17, 15) is 5.11 Å². The Morgan fingerprint density at radius 2 is 2.05 bits per heavy atom. The number of anilines is 2. The highest BCUT2D eigenvalue weighted by Crippen LogP contribution is 2.35. The van der Waals surface area contributed by atoms with Crippen molar-refractivity contribution in [2.24, 2.45) is 0 Å². The standard InChI is InChI=1S/C14H15N3O2/c1-19-10-4-2-9(3-5-10)17-14-13-11(15-8-16-14)6-7-12(13)18/h2-5,8,12,18H,6-7H2,1H3,(H,15,16,17). The van der Waals surface area contributed by atoms with Crippen molar-refractivity contribution < 1.29 is 9.84 Å². The first-order valence-corrected chi connectivity index (χ1v) is 6.21. The van der Waals surface area contributed by atoms with Crippen molar-refractivity contribution in [3.05, 3.63) is 41.9 Å². The van der Waals surface area contributed by atoms with Gasteiger partial charge in [0.05, 0.1) is 18.9 Å². The van der Waals surface area contributed by atoms with E-state index in [0.29, 0.717) is 12.2 Å². The van der Waals surface area contributed by atoms with Crippen LogP contribution in [0.5, 0.6) is 5.75 Å². The van der Waals surface area contributed by atoms with Crippen molar-refractivity contribution in [3.63, 3.8) is 0 Å². The van der Waals surface area contributed by atoms with Gasteiger partial charge in [-0.3, -0.25) is 0 Å². The highest BCUT2D eigenvalue weighted by atomic mass is 16.5. The van der Waals surface area contributed by atoms with Gasteiger partial charge in [-0.05, 0) is 37.1 Å². The summed E-state index contributed by atoms with van der Waals surface area (Å²) in [4.78, 5) is 8.43. The van der Waals surface area contributed by atoms with Crippen LogP contribution in [0.1, 0.15) is 23.8 Å². The number of aromatic nitrogens is 2. The van der Waals surface area contributed by atoms with Crippen molar-refractivity contribution in [3.8, 4) is 5.75 Å². The van der Waals surface area contributed by atoms with Gasteiger partial charge >= 0.3 is 0 Å². The van der Waals surface area contributed by atoms with Gasteiger partial charge in [0, 0.05) is 11.3 Å². The van der Waals surface area contributed by atoms with Crippen LogP contribution < -0.4 is 10.1 Å². The zero-order valence-electron chi connectivity index (χ0n) is 10.6. The van der Waals surface area contributed by atoms with Crippen molar-refractivity contribution in [1.29, 1.82) is 0 Å². The quantitative estimate of drug-likeness (QED) is 0.882. The second kappa shape index (κ2) is 4.85. The lowest BCUT2D eigenvalue weighted by atomic mass is 10.2. The molecule has 1 atom stereocenters. The summed E-state index contributed by atoms with van der Waals surface area (Å²) in [6, 6.07) is 7.57. The maximum absolute atomic E-state index is 9.98. The summed E-state index contributed by atoms with van der Waals surface area (Å²) in [6.45, 7) is 0. The maximum Gasteiger partial charge on any atom is 0.139 e. The molecular weight excluding hydrogens is 242 g/mol. The summed E-state index contributed by atoms with van der Waals surface area (Å²) in [5.74, 6) is 1.48. The zero-order valence-corrected chi connectivity index (χ0v) is 10.6. The van der Waals surface area contributed by atoms with Crippen LogP contribution in [0.3, 0.4) is 0 Å². The molecule has 19 heavy (non-hydrogen) atoms. The van der Waals surface area contributed by atoms with Crippen LogP contribution in [0.25, 0.3) is 0 Å². The normalized spacial score (nSPS) is 17.1. The van der Waals surface area contributed by atoms with Gasteiger partial charge in [-0.15, -0.1) is 0 Å². The number of ether oxygens (including phenoxy) is 1. The number of hydrogen-bond donors (Lipinski definition) is 2. The minimum absolute atomic E-state index is 0.475. The molecule has 1 aliphatic rings. The predicted octanol–water partition coefficient (Wildman–Crippen LogP) is 2.21. The molecule has 5 nitrogen and oxygen atoms in total. The van der Waals surface area contributed by atoms with Gasteiger partial charge in [0.15, 0.2) is 0 Å². The van der Waals surface area contributed by atoms with Crippen molar-refractivity contribution in [1.82, 2.24) is 9.97 Å². The van der Waals surface area contributed by atoms with Crippen molar-refractivity contribution >= 4 is 11.5 Å². The highest BCUT2D eigenvalue weighted by Gasteiger charge is 2.25. The second-order valence-electron chi connectivity index (χ2n) is 4.49. The third-order valence-electron chi connectivity index (χ3n) is 3.31. The van der Waals surface area contributed by atoms with Gasteiger partial charge in [-0.2, -0.15) is 0 Å². The fourth-order valence-corrected chi connectivity index (χ4v) is 2.31. The summed E-state index contributed by atoms with van der Waals surface area (Å²) >= 11 is 0. The van der Waals surface area contributed by atoms with Crippen LogP contribution in [0.2, 0.25) is 0 Å². The SMILES string of the molecule is COc1ccc(Nc2ncnc3c2C(O)CC3)cc1. The molecule has 1 heterocycles. The fraction of sp³-hybridized carbons (Fsp3) is 0.286. The first-order chi connectivity index (χ1) is 9.28. The Hall–Kier alpha value is -2.14. The largest absolute Gasteiger partial charge is 0.497 e. The van der Waals surface area contributed by atoms with E-state index in [0.717, 1.165) is 29.1 Å². The molecule has 0 spiro atoms. The van der Waals surface area contributed by atoms with Crippen LogP contribution in [0.15, 0.2) is 30.6 Å². The van der Waals surface area contributed by atoms with E-state index in [1.54, 1.807) is 7.11 Å².